The SMILES string of the molecule is Cc1cccc(C(=O)N(C)CC(=O)Nc2ccc(Cl)c(Cl)c2)c1C. The van der Waals surface area contributed by atoms with E-state index in [1.54, 1.807) is 31.3 Å². The van der Waals surface area contributed by atoms with Crippen molar-refractivity contribution in [3.05, 3.63) is 63.1 Å². The van der Waals surface area contributed by atoms with Crippen LogP contribution in [0.1, 0.15) is 21.5 Å². The second-order valence-corrected chi connectivity index (χ2v) is 6.40. The summed E-state index contributed by atoms with van der Waals surface area (Å²) < 4.78 is 0. The van der Waals surface area contributed by atoms with Gasteiger partial charge in [-0.25, -0.2) is 0 Å². The molecule has 6 heteroatoms. The van der Waals surface area contributed by atoms with Crippen LogP contribution < -0.4 is 5.32 Å². The summed E-state index contributed by atoms with van der Waals surface area (Å²) in [5.74, 6) is -0.505. The maximum atomic E-state index is 12.5. The summed E-state index contributed by atoms with van der Waals surface area (Å²) in [6.07, 6.45) is 0. The zero-order valence-corrected chi connectivity index (χ0v) is 15.2. The van der Waals surface area contributed by atoms with Crippen LogP contribution in [0.4, 0.5) is 5.69 Å². The molecule has 2 aromatic carbocycles. The van der Waals surface area contributed by atoms with Gasteiger partial charge in [0.2, 0.25) is 5.91 Å². The molecule has 2 amide bonds. The molecule has 0 atom stereocenters. The average molecular weight is 365 g/mol. The van der Waals surface area contributed by atoms with E-state index < -0.39 is 0 Å². The van der Waals surface area contributed by atoms with E-state index in [2.05, 4.69) is 5.32 Å². The third kappa shape index (κ3) is 4.28. The van der Waals surface area contributed by atoms with E-state index in [1.165, 1.54) is 4.90 Å². The van der Waals surface area contributed by atoms with Crippen LogP contribution >= 0.6 is 23.2 Å². The van der Waals surface area contributed by atoms with E-state index in [1.807, 2.05) is 26.0 Å². The zero-order valence-electron chi connectivity index (χ0n) is 13.7. The molecule has 0 bridgehead atoms. The fraction of sp³-hybridized carbons (Fsp3) is 0.222. The molecule has 2 aromatic rings. The van der Waals surface area contributed by atoms with E-state index in [0.717, 1.165) is 11.1 Å². The van der Waals surface area contributed by atoms with Gasteiger partial charge in [0.15, 0.2) is 0 Å². The van der Waals surface area contributed by atoms with E-state index in [9.17, 15) is 9.59 Å². The molecule has 0 aliphatic rings. The molecule has 0 saturated heterocycles. The van der Waals surface area contributed by atoms with Gasteiger partial charge in [0.25, 0.3) is 5.91 Å². The molecule has 0 fully saturated rings. The Hall–Kier alpha value is -2.04. The fourth-order valence-electron chi connectivity index (χ4n) is 2.25. The monoisotopic (exact) mass is 364 g/mol. The highest BCUT2D eigenvalue weighted by atomic mass is 35.5. The van der Waals surface area contributed by atoms with Gasteiger partial charge < -0.3 is 10.2 Å². The van der Waals surface area contributed by atoms with Gasteiger partial charge in [-0.05, 0) is 49.2 Å². The number of carbonyl (C=O) groups excluding carboxylic acids is 2. The number of nitrogens with zero attached hydrogens (tertiary/aromatic N) is 1. The summed E-state index contributed by atoms with van der Waals surface area (Å²) >= 11 is 11.8. The van der Waals surface area contributed by atoms with Crippen LogP contribution in [-0.2, 0) is 4.79 Å². The van der Waals surface area contributed by atoms with Crippen molar-refractivity contribution in [3.63, 3.8) is 0 Å². The molecule has 4 nitrogen and oxygen atoms in total. The van der Waals surface area contributed by atoms with Crippen molar-refractivity contribution in [3.8, 4) is 0 Å². The average Bonchev–Trinajstić information content (AvgIpc) is 2.52. The molecule has 126 valence electrons. The van der Waals surface area contributed by atoms with Crippen molar-refractivity contribution in [2.45, 2.75) is 13.8 Å². The van der Waals surface area contributed by atoms with Crippen LogP contribution in [0.3, 0.4) is 0 Å². The minimum Gasteiger partial charge on any atom is -0.332 e. The number of rotatable bonds is 4. The number of amides is 2. The van der Waals surface area contributed by atoms with Crippen molar-refractivity contribution in [1.82, 2.24) is 4.90 Å². The minimum atomic E-state index is -0.311. The quantitative estimate of drug-likeness (QED) is 0.877. The lowest BCUT2D eigenvalue weighted by molar-refractivity contribution is -0.116. The topological polar surface area (TPSA) is 49.4 Å². The van der Waals surface area contributed by atoms with Crippen molar-refractivity contribution in [2.24, 2.45) is 0 Å². The summed E-state index contributed by atoms with van der Waals surface area (Å²) in [6, 6.07) is 10.4. The lowest BCUT2D eigenvalue weighted by Gasteiger charge is -2.18. The largest absolute Gasteiger partial charge is 0.332 e. The lowest BCUT2D eigenvalue weighted by Crippen LogP contribution is -2.35. The van der Waals surface area contributed by atoms with Crippen LogP contribution in [0.5, 0.6) is 0 Å². The Balaban J connectivity index is 2.04. The molecule has 0 saturated carbocycles. The second kappa shape index (κ2) is 7.69. The molecule has 0 spiro atoms. The van der Waals surface area contributed by atoms with Gasteiger partial charge in [0, 0.05) is 18.3 Å². The number of likely N-dealkylation sites (N-methyl/N-ethyl adjacent to an activating group) is 1. The van der Waals surface area contributed by atoms with E-state index in [4.69, 9.17) is 23.2 Å². The second-order valence-electron chi connectivity index (χ2n) is 5.59. The maximum absolute atomic E-state index is 12.5. The molecule has 0 aromatic heterocycles. The Bertz CT molecular complexity index is 791. The Morgan fingerprint density at radius 1 is 1.08 bits per heavy atom. The first-order chi connectivity index (χ1) is 11.3. The first-order valence-corrected chi connectivity index (χ1v) is 8.11. The fourth-order valence-corrected chi connectivity index (χ4v) is 2.55. The smallest absolute Gasteiger partial charge is 0.254 e. The predicted octanol–water partition coefficient (Wildman–Crippen LogP) is 4.32. The number of halogens is 2. The summed E-state index contributed by atoms with van der Waals surface area (Å²) in [6.45, 7) is 3.78. The van der Waals surface area contributed by atoms with Crippen molar-refractivity contribution in [2.75, 3.05) is 18.9 Å². The highest BCUT2D eigenvalue weighted by Crippen LogP contribution is 2.25. The number of benzene rings is 2. The molecule has 24 heavy (non-hydrogen) atoms. The maximum Gasteiger partial charge on any atom is 0.254 e. The van der Waals surface area contributed by atoms with Gasteiger partial charge in [0.1, 0.15) is 0 Å². The first kappa shape index (κ1) is 18.3. The van der Waals surface area contributed by atoms with Crippen molar-refractivity contribution >= 4 is 40.7 Å². The summed E-state index contributed by atoms with van der Waals surface area (Å²) in [5, 5.41) is 3.47. The van der Waals surface area contributed by atoms with Crippen molar-refractivity contribution < 1.29 is 9.59 Å². The Morgan fingerprint density at radius 2 is 1.79 bits per heavy atom. The van der Waals surface area contributed by atoms with Crippen LogP contribution in [0.25, 0.3) is 0 Å². The predicted molar refractivity (Wildman–Crippen MR) is 98.0 cm³/mol. The molecule has 0 unspecified atom stereocenters. The first-order valence-electron chi connectivity index (χ1n) is 7.36. The number of anilines is 1. The Morgan fingerprint density at radius 3 is 2.46 bits per heavy atom. The van der Waals surface area contributed by atoms with Gasteiger partial charge in [-0.2, -0.15) is 0 Å². The molecule has 0 aliphatic heterocycles. The van der Waals surface area contributed by atoms with Gasteiger partial charge in [-0.15, -0.1) is 0 Å². The van der Waals surface area contributed by atoms with Gasteiger partial charge in [-0.1, -0.05) is 35.3 Å². The lowest BCUT2D eigenvalue weighted by atomic mass is 10.0. The van der Waals surface area contributed by atoms with Gasteiger partial charge in [0.05, 0.1) is 16.6 Å². The number of hydrogen-bond acceptors (Lipinski definition) is 2. The number of nitrogens with one attached hydrogen (secondary N) is 1. The van der Waals surface area contributed by atoms with E-state index in [-0.39, 0.29) is 18.4 Å². The Kier molecular flexibility index (Phi) is 5.86. The third-order valence-electron chi connectivity index (χ3n) is 3.77. The molecule has 0 heterocycles. The standard InChI is InChI=1S/C18H18Cl2N2O2/c1-11-5-4-6-14(12(11)2)18(24)22(3)10-17(23)21-13-7-8-15(19)16(20)9-13/h4-9H,10H2,1-3H3,(H,21,23). The third-order valence-corrected chi connectivity index (χ3v) is 4.50. The summed E-state index contributed by atoms with van der Waals surface area (Å²) in [4.78, 5) is 26.0. The van der Waals surface area contributed by atoms with Gasteiger partial charge in [-0.3, -0.25) is 9.59 Å². The van der Waals surface area contributed by atoms with Gasteiger partial charge >= 0.3 is 0 Å². The van der Waals surface area contributed by atoms with Crippen LogP contribution in [0.15, 0.2) is 36.4 Å². The highest BCUT2D eigenvalue weighted by Gasteiger charge is 2.17. The minimum absolute atomic E-state index is 0.0630. The molecule has 2 rings (SSSR count). The van der Waals surface area contributed by atoms with E-state index in [0.29, 0.717) is 21.3 Å². The molecule has 0 radical (unpaired) electrons. The number of carbonyl (C=O) groups is 2. The normalized spacial score (nSPS) is 10.4. The molecular weight excluding hydrogens is 347 g/mol. The van der Waals surface area contributed by atoms with Crippen LogP contribution in [0.2, 0.25) is 10.0 Å². The van der Waals surface area contributed by atoms with Crippen molar-refractivity contribution in [1.29, 1.82) is 0 Å². The highest BCUT2D eigenvalue weighted by molar-refractivity contribution is 6.42. The van der Waals surface area contributed by atoms with Crippen LogP contribution in [-0.4, -0.2) is 30.3 Å². The number of hydrogen-bond donors (Lipinski definition) is 1. The zero-order chi connectivity index (χ0) is 17.9. The summed E-state index contributed by atoms with van der Waals surface area (Å²) in [5.41, 5.74) is 3.08. The summed E-state index contributed by atoms with van der Waals surface area (Å²) in [7, 11) is 1.60. The molecule has 0 aliphatic carbocycles. The Labute approximate surface area is 151 Å². The number of aryl methyl sites for hydroxylation is 1. The molecule has 1 N–H and O–H groups in total. The molecular formula is C18H18Cl2N2O2. The van der Waals surface area contributed by atoms with E-state index >= 15 is 0 Å². The van der Waals surface area contributed by atoms with Crippen LogP contribution in [0, 0.1) is 13.8 Å².